The van der Waals surface area contributed by atoms with Gasteiger partial charge in [-0.2, -0.15) is 0 Å². The molecule has 0 unspecified atom stereocenters. The zero-order valence-corrected chi connectivity index (χ0v) is 9.40. The normalized spacial score (nSPS) is 13.1. The summed E-state index contributed by atoms with van der Waals surface area (Å²) in [6.45, 7) is 0.201. The molecule has 0 spiro atoms. The van der Waals surface area contributed by atoms with Crippen molar-refractivity contribution in [3.8, 4) is 0 Å². The van der Waals surface area contributed by atoms with Crippen LogP contribution in [-0.4, -0.2) is 17.6 Å². The van der Waals surface area contributed by atoms with Crippen LogP contribution in [0.3, 0.4) is 0 Å². The quantitative estimate of drug-likeness (QED) is 0.870. The minimum Gasteiger partial charge on any atom is -0.390 e. The highest BCUT2D eigenvalue weighted by atomic mass is 35.5. The van der Waals surface area contributed by atoms with Crippen molar-refractivity contribution in [3.05, 3.63) is 35.1 Å². The van der Waals surface area contributed by atoms with Crippen LogP contribution in [0.5, 0.6) is 0 Å². The Morgan fingerprint density at radius 3 is 2.50 bits per heavy atom. The van der Waals surface area contributed by atoms with Crippen LogP contribution in [-0.2, 0) is 0 Å². The highest BCUT2D eigenvalue weighted by Crippen LogP contribution is 2.30. The van der Waals surface area contributed by atoms with Crippen molar-refractivity contribution in [2.45, 2.75) is 18.9 Å². The zero-order valence-electron chi connectivity index (χ0n) is 8.58. The van der Waals surface area contributed by atoms with Crippen molar-refractivity contribution in [3.63, 3.8) is 0 Å². The van der Waals surface area contributed by atoms with Crippen molar-refractivity contribution in [2.24, 2.45) is 5.73 Å². The molecule has 0 fully saturated rings. The fourth-order valence-corrected chi connectivity index (χ4v) is 1.27. The molecular formula is C10H13ClF3NO. The lowest BCUT2D eigenvalue weighted by Gasteiger charge is -2.23. The van der Waals surface area contributed by atoms with Crippen LogP contribution < -0.4 is 5.73 Å². The number of nitrogens with two attached hydrogens (primary N) is 1. The number of aliphatic hydroxyl groups is 1. The first-order chi connectivity index (χ1) is 6.88. The van der Waals surface area contributed by atoms with E-state index >= 15 is 0 Å². The smallest absolute Gasteiger partial charge is 0.289 e. The van der Waals surface area contributed by atoms with E-state index in [0.717, 1.165) is 6.07 Å². The van der Waals surface area contributed by atoms with E-state index in [-0.39, 0.29) is 18.0 Å². The van der Waals surface area contributed by atoms with E-state index in [1.54, 1.807) is 6.92 Å². The number of alkyl halides is 2. The first-order valence-electron chi connectivity index (χ1n) is 4.39. The van der Waals surface area contributed by atoms with Crippen molar-refractivity contribution >= 4 is 12.4 Å². The Labute approximate surface area is 97.7 Å². The molecule has 92 valence electrons. The number of aryl methyl sites for hydroxylation is 1. The van der Waals surface area contributed by atoms with Crippen LogP contribution in [0.25, 0.3) is 0 Å². The SMILES string of the molecule is Cc1ccc(F)cc1[C@@H](N)C(F)(F)CO.Cl. The average molecular weight is 256 g/mol. The Bertz CT molecular complexity index is 360. The van der Waals surface area contributed by atoms with Crippen LogP contribution in [0.15, 0.2) is 18.2 Å². The molecule has 0 aromatic heterocycles. The van der Waals surface area contributed by atoms with Gasteiger partial charge in [0.2, 0.25) is 0 Å². The van der Waals surface area contributed by atoms with Gasteiger partial charge < -0.3 is 10.8 Å². The second-order valence-corrected chi connectivity index (χ2v) is 3.40. The molecule has 0 amide bonds. The van der Waals surface area contributed by atoms with Crippen LogP contribution in [0.2, 0.25) is 0 Å². The van der Waals surface area contributed by atoms with Crippen LogP contribution in [0, 0.1) is 12.7 Å². The summed E-state index contributed by atoms with van der Waals surface area (Å²) in [7, 11) is 0. The molecule has 0 saturated heterocycles. The Kier molecular flexibility index (Phi) is 5.25. The molecule has 0 bridgehead atoms. The predicted molar refractivity (Wildman–Crippen MR) is 57.3 cm³/mol. The number of aliphatic hydroxyl groups excluding tert-OH is 1. The highest BCUT2D eigenvalue weighted by Gasteiger charge is 2.38. The number of hydrogen-bond acceptors (Lipinski definition) is 2. The van der Waals surface area contributed by atoms with E-state index in [1.165, 1.54) is 12.1 Å². The largest absolute Gasteiger partial charge is 0.390 e. The van der Waals surface area contributed by atoms with Crippen molar-refractivity contribution in [2.75, 3.05) is 6.61 Å². The van der Waals surface area contributed by atoms with Gasteiger partial charge in [-0.1, -0.05) is 6.07 Å². The summed E-state index contributed by atoms with van der Waals surface area (Å²) >= 11 is 0. The molecule has 1 aromatic carbocycles. The maximum absolute atomic E-state index is 13.0. The standard InChI is InChI=1S/C10H12F3NO.ClH/c1-6-2-3-7(11)4-8(6)9(14)10(12,13)5-15;/h2-4,9,15H,5,14H2,1H3;1H/t9-;/m1./s1. The first kappa shape index (κ1) is 15.2. The molecule has 0 radical (unpaired) electrons. The Hall–Kier alpha value is -0.780. The summed E-state index contributed by atoms with van der Waals surface area (Å²) in [5.41, 5.74) is 5.75. The van der Waals surface area contributed by atoms with Gasteiger partial charge in [0.05, 0.1) is 6.04 Å². The van der Waals surface area contributed by atoms with Gasteiger partial charge in [0, 0.05) is 0 Å². The number of rotatable bonds is 3. The number of halogens is 4. The molecule has 0 heterocycles. The molecule has 2 nitrogen and oxygen atoms in total. The van der Waals surface area contributed by atoms with Gasteiger partial charge in [0.15, 0.2) is 0 Å². The zero-order chi connectivity index (χ0) is 11.6. The number of benzene rings is 1. The Morgan fingerprint density at radius 1 is 1.44 bits per heavy atom. The highest BCUT2D eigenvalue weighted by molar-refractivity contribution is 5.85. The van der Waals surface area contributed by atoms with Crippen molar-refractivity contribution in [1.29, 1.82) is 0 Å². The summed E-state index contributed by atoms with van der Waals surface area (Å²) in [5.74, 6) is -4.07. The number of hydrogen-bond donors (Lipinski definition) is 2. The average Bonchev–Trinajstić information content (AvgIpc) is 2.20. The third kappa shape index (κ3) is 3.10. The van der Waals surface area contributed by atoms with Gasteiger partial charge in [0.25, 0.3) is 5.92 Å². The Morgan fingerprint density at radius 2 is 2.00 bits per heavy atom. The van der Waals surface area contributed by atoms with Crippen LogP contribution >= 0.6 is 12.4 Å². The fourth-order valence-electron chi connectivity index (χ4n) is 1.27. The van der Waals surface area contributed by atoms with Crippen LogP contribution in [0.1, 0.15) is 17.2 Å². The summed E-state index contributed by atoms with van der Waals surface area (Å²) < 4.78 is 38.9. The van der Waals surface area contributed by atoms with E-state index in [9.17, 15) is 13.2 Å². The lowest BCUT2D eigenvalue weighted by molar-refractivity contribution is -0.0713. The molecule has 0 aliphatic carbocycles. The molecule has 1 aromatic rings. The predicted octanol–water partition coefficient (Wildman–Crippen LogP) is 2.18. The lowest BCUT2D eigenvalue weighted by atomic mass is 9.97. The maximum atomic E-state index is 13.0. The van der Waals surface area contributed by atoms with Gasteiger partial charge in [-0.05, 0) is 30.2 Å². The molecule has 1 atom stereocenters. The van der Waals surface area contributed by atoms with E-state index in [0.29, 0.717) is 5.56 Å². The van der Waals surface area contributed by atoms with Gasteiger partial charge in [-0.15, -0.1) is 12.4 Å². The molecule has 0 saturated carbocycles. The van der Waals surface area contributed by atoms with Gasteiger partial charge >= 0.3 is 0 Å². The van der Waals surface area contributed by atoms with E-state index in [1.807, 2.05) is 0 Å². The third-order valence-corrected chi connectivity index (χ3v) is 2.24. The van der Waals surface area contributed by atoms with Gasteiger partial charge in [-0.25, -0.2) is 13.2 Å². The van der Waals surface area contributed by atoms with Crippen molar-refractivity contribution in [1.82, 2.24) is 0 Å². The molecule has 0 aliphatic heterocycles. The van der Waals surface area contributed by atoms with E-state index < -0.39 is 24.4 Å². The summed E-state index contributed by atoms with van der Waals surface area (Å²) in [6, 6.07) is 1.81. The molecule has 0 aliphatic rings. The summed E-state index contributed by atoms with van der Waals surface area (Å²) in [5, 5.41) is 8.46. The van der Waals surface area contributed by atoms with Gasteiger partial charge in [-0.3, -0.25) is 0 Å². The minimum atomic E-state index is -3.45. The molecule has 16 heavy (non-hydrogen) atoms. The van der Waals surface area contributed by atoms with Crippen molar-refractivity contribution < 1.29 is 18.3 Å². The van der Waals surface area contributed by atoms with Gasteiger partial charge in [0.1, 0.15) is 12.4 Å². The third-order valence-electron chi connectivity index (χ3n) is 2.24. The van der Waals surface area contributed by atoms with Crippen LogP contribution in [0.4, 0.5) is 13.2 Å². The summed E-state index contributed by atoms with van der Waals surface area (Å²) in [4.78, 5) is 0. The summed E-state index contributed by atoms with van der Waals surface area (Å²) in [6.07, 6.45) is 0. The first-order valence-corrected chi connectivity index (χ1v) is 4.39. The topological polar surface area (TPSA) is 46.2 Å². The molecule has 1 rings (SSSR count). The maximum Gasteiger partial charge on any atom is 0.289 e. The lowest BCUT2D eigenvalue weighted by Crippen LogP contribution is -2.36. The second kappa shape index (κ2) is 5.52. The minimum absolute atomic E-state index is 0. The molecule has 6 heteroatoms. The molecular weight excluding hydrogens is 243 g/mol. The fraction of sp³-hybridized carbons (Fsp3) is 0.400. The van der Waals surface area contributed by atoms with E-state index in [2.05, 4.69) is 0 Å². The monoisotopic (exact) mass is 255 g/mol. The second-order valence-electron chi connectivity index (χ2n) is 3.40. The molecule has 3 N–H and O–H groups in total. The van der Waals surface area contributed by atoms with E-state index in [4.69, 9.17) is 10.8 Å². The Balaban J connectivity index is 0.00000225.